The van der Waals surface area contributed by atoms with Gasteiger partial charge in [0, 0.05) is 18.9 Å². The molecule has 1 aromatic rings. The SMILES string of the molecule is O=C(CCCCCCCCC(=O)Oc1ccccc1)OC1=CC=[C+]C=C1. The second kappa shape index (κ2) is 11.8. The summed E-state index contributed by atoms with van der Waals surface area (Å²) >= 11 is 0. The number of esters is 2. The molecule has 0 unspecified atom stereocenters. The zero-order valence-corrected chi connectivity index (χ0v) is 15.0. The number of unbranched alkanes of at least 4 members (excludes halogenated alkanes) is 5. The molecule has 4 nitrogen and oxygen atoms in total. The van der Waals surface area contributed by atoms with Crippen molar-refractivity contribution in [1.82, 2.24) is 0 Å². The van der Waals surface area contributed by atoms with Gasteiger partial charge in [0.25, 0.3) is 0 Å². The van der Waals surface area contributed by atoms with Crippen LogP contribution in [0.1, 0.15) is 51.4 Å². The Morgan fingerprint density at radius 3 is 2.04 bits per heavy atom. The molecule has 0 atom stereocenters. The summed E-state index contributed by atoms with van der Waals surface area (Å²) < 4.78 is 10.5. The van der Waals surface area contributed by atoms with Crippen LogP contribution in [0, 0.1) is 6.08 Å². The molecule has 2 rings (SSSR count). The Labute approximate surface area is 155 Å². The molecule has 0 heterocycles. The third-order valence-corrected chi connectivity index (χ3v) is 3.91. The monoisotopic (exact) mass is 353 g/mol. The van der Waals surface area contributed by atoms with Crippen molar-refractivity contribution in [3.8, 4) is 5.75 Å². The molecule has 0 fully saturated rings. The molecule has 0 bridgehead atoms. The number of carbonyl (C=O) groups excluding carboxylic acids is 2. The highest BCUT2D eigenvalue weighted by molar-refractivity contribution is 5.72. The fraction of sp³-hybridized carbons (Fsp3) is 0.364. The quantitative estimate of drug-likeness (QED) is 0.241. The lowest BCUT2D eigenvalue weighted by atomic mass is 10.1. The predicted molar refractivity (Wildman–Crippen MR) is 100 cm³/mol. The molecule has 136 valence electrons. The van der Waals surface area contributed by atoms with Crippen LogP contribution in [-0.2, 0) is 14.3 Å². The minimum absolute atomic E-state index is 0.183. The topological polar surface area (TPSA) is 52.6 Å². The number of carbonyl (C=O) groups is 2. The molecule has 26 heavy (non-hydrogen) atoms. The summed E-state index contributed by atoms with van der Waals surface area (Å²) in [5, 5.41) is 0. The standard InChI is InChI=1S/C22H25O4/c23-21(25-19-13-7-5-8-14-19)17-11-3-1-2-4-12-18-22(24)26-20-15-9-6-10-16-20/h5,7-10,13-16H,1-4,11-12,17-18H2/q+1. The third-order valence-electron chi connectivity index (χ3n) is 3.91. The number of allylic oxidation sites excluding steroid dienone is 5. The van der Waals surface area contributed by atoms with Crippen molar-refractivity contribution < 1.29 is 19.1 Å². The second-order valence-electron chi connectivity index (χ2n) is 6.12. The molecule has 0 spiro atoms. The van der Waals surface area contributed by atoms with Crippen LogP contribution in [0.4, 0.5) is 0 Å². The van der Waals surface area contributed by atoms with Crippen molar-refractivity contribution in [3.63, 3.8) is 0 Å². The summed E-state index contributed by atoms with van der Waals surface area (Å²) in [7, 11) is 0. The molecule has 0 N–H and O–H groups in total. The molecule has 0 saturated carbocycles. The van der Waals surface area contributed by atoms with E-state index in [1.54, 1.807) is 36.4 Å². The van der Waals surface area contributed by atoms with Crippen LogP contribution in [0.2, 0.25) is 0 Å². The van der Waals surface area contributed by atoms with Crippen LogP contribution in [-0.4, -0.2) is 11.9 Å². The van der Waals surface area contributed by atoms with Crippen molar-refractivity contribution in [3.05, 3.63) is 66.5 Å². The molecule has 4 heteroatoms. The lowest BCUT2D eigenvalue weighted by molar-refractivity contribution is -0.139. The minimum atomic E-state index is -0.195. The van der Waals surface area contributed by atoms with E-state index in [2.05, 4.69) is 6.08 Å². The molecular formula is C22H25O4+. The lowest BCUT2D eigenvalue weighted by Gasteiger charge is -2.04. The Morgan fingerprint density at radius 2 is 1.42 bits per heavy atom. The number of para-hydroxylation sites is 1. The first-order valence-electron chi connectivity index (χ1n) is 9.16. The average molecular weight is 353 g/mol. The first-order chi connectivity index (χ1) is 12.7. The van der Waals surface area contributed by atoms with E-state index in [0.717, 1.165) is 38.5 Å². The van der Waals surface area contributed by atoms with Gasteiger partial charge in [-0.2, -0.15) is 0 Å². The predicted octanol–water partition coefficient (Wildman–Crippen LogP) is 5.07. The Balaban J connectivity index is 1.42. The molecule has 1 aromatic carbocycles. The third kappa shape index (κ3) is 8.41. The Hall–Kier alpha value is -2.71. The smallest absolute Gasteiger partial charge is 0.313 e. The fourth-order valence-electron chi connectivity index (χ4n) is 2.54. The van der Waals surface area contributed by atoms with Gasteiger partial charge in [-0.05, 0) is 25.0 Å². The van der Waals surface area contributed by atoms with E-state index in [1.165, 1.54) is 0 Å². The first kappa shape index (κ1) is 19.6. The Bertz CT molecular complexity index is 656. The van der Waals surface area contributed by atoms with E-state index in [4.69, 9.17) is 9.47 Å². The second-order valence-corrected chi connectivity index (χ2v) is 6.12. The minimum Gasteiger partial charge on any atom is -0.427 e. The van der Waals surface area contributed by atoms with Crippen molar-refractivity contribution in [2.45, 2.75) is 51.4 Å². The Morgan fingerprint density at radius 1 is 0.808 bits per heavy atom. The summed E-state index contributed by atoms with van der Waals surface area (Å²) in [5.41, 5.74) is 0. The number of benzene rings is 1. The molecule has 1 aliphatic rings. The van der Waals surface area contributed by atoms with Gasteiger partial charge in [-0.25, -0.2) is 0 Å². The van der Waals surface area contributed by atoms with Crippen molar-refractivity contribution >= 4 is 11.9 Å². The van der Waals surface area contributed by atoms with Crippen LogP contribution in [0.15, 0.2) is 60.4 Å². The van der Waals surface area contributed by atoms with Gasteiger partial charge in [-0.1, -0.05) is 43.9 Å². The van der Waals surface area contributed by atoms with Crippen molar-refractivity contribution in [1.29, 1.82) is 0 Å². The lowest BCUT2D eigenvalue weighted by Crippen LogP contribution is -2.07. The van der Waals surface area contributed by atoms with E-state index in [0.29, 0.717) is 24.4 Å². The van der Waals surface area contributed by atoms with E-state index in [9.17, 15) is 9.59 Å². The van der Waals surface area contributed by atoms with Gasteiger partial charge in [0.2, 0.25) is 5.76 Å². The molecule has 0 aliphatic heterocycles. The van der Waals surface area contributed by atoms with Gasteiger partial charge in [0.05, 0.1) is 12.2 Å². The van der Waals surface area contributed by atoms with E-state index in [-0.39, 0.29) is 11.9 Å². The summed E-state index contributed by atoms with van der Waals surface area (Å²) in [4.78, 5) is 23.4. The van der Waals surface area contributed by atoms with Gasteiger partial charge in [-0.3, -0.25) is 9.59 Å². The average Bonchev–Trinajstić information content (AvgIpc) is 2.65. The number of hydrogen-bond acceptors (Lipinski definition) is 4. The van der Waals surface area contributed by atoms with Gasteiger partial charge < -0.3 is 9.47 Å². The maximum atomic E-state index is 11.7. The van der Waals surface area contributed by atoms with Gasteiger partial charge in [-0.15, -0.1) is 0 Å². The maximum absolute atomic E-state index is 11.7. The molecule has 0 aromatic heterocycles. The highest BCUT2D eigenvalue weighted by atomic mass is 16.5. The van der Waals surface area contributed by atoms with E-state index < -0.39 is 0 Å². The molecule has 0 radical (unpaired) electrons. The summed E-state index contributed by atoms with van der Waals surface area (Å²) in [6, 6.07) is 9.13. The Kier molecular flexibility index (Phi) is 8.88. The molecule has 0 saturated heterocycles. The van der Waals surface area contributed by atoms with Gasteiger partial charge in [0.1, 0.15) is 17.9 Å². The summed E-state index contributed by atoms with van der Waals surface area (Å²) in [6.45, 7) is 0. The highest BCUT2D eigenvalue weighted by Crippen LogP contribution is 2.13. The molecule has 0 amide bonds. The van der Waals surface area contributed by atoms with Crippen molar-refractivity contribution in [2.24, 2.45) is 0 Å². The summed E-state index contributed by atoms with van der Waals surface area (Å²) in [6.07, 6.45) is 16.4. The zero-order valence-electron chi connectivity index (χ0n) is 15.0. The number of ether oxygens (including phenoxy) is 2. The van der Waals surface area contributed by atoms with Crippen LogP contribution in [0.3, 0.4) is 0 Å². The summed E-state index contributed by atoms with van der Waals surface area (Å²) in [5.74, 6) is 0.784. The van der Waals surface area contributed by atoms with Crippen LogP contribution in [0.5, 0.6) is 5.75 Å². The van der Waals surface area contributed by atoms with Crippen molar-refractivity contribution in [2.75, 3.05) is 0 Å². The van der Waals surface area contributed by atoms with Crippen LogP contribution >= 0.6 is 0 Å². The number of rotatable bonds is 11. The molecule has 1 aliphatic carbocycles. The van der Waals surface area contributed by atoms with Gasteiger partial charge >= 0.3 is 11.9 Å². The largest absolute Gasteiger partial charge is 0.427 e. The normalized spacial score (nSPS) is 12.2. The van der Waals surface area contributed by atoms with E-state index in [1.807, 2.05) is 18.2 Å². The maximum Gasteiger partial charge on any atom is 0.313 e. The number of hydrogen-bond donors (Lipinski definition) is 0. The van der Waals surface area contributed by atoms with Crippen LogP contribution in [0.25, 0.3) is 0 Å². The highest BCUT2D eigenvalue weighted by Gasteiger charge is 2.10. The van der Waals surface area contributed by atoms with Gasteiger partial charge in [0.15, 0.2) is 0 Å². The first-order valence-corrected chi connectivity index (χ1v) is 9.16. The molecular weight excluding hydrogens is 328 g/mol. The fourth-order valence-corrected chi connectivity index (χ4v) is 2.54. The zero-order chi connectivity index (χ0) is 18.5. The van der Waals surface area contributed by atoms with E-state index >= 15 is 0 Å². The van der Waals surface area contributed by atoms with Crippen LogP contribution < -0.4 is 4.74 Å².